The van der Waals surface area contributed by atoms with Gasteiger partial charge in [0.05, 0.1) is 17.8 Å². The summed E-state index contributed by atoms with van der Waals surface area (Å²) < 4.78 is 54.0. The molecule has 0 atom stereocenters. The number of carbonyl (C=O) groups excluding carboxylic acids is 1. The maximum absolute atomic E-state index is 13.9. The van der Waals surface area contributed by atoms with Gasteiger partial charge in [0.25, 0.3) is 11.8 Å². The summed E-state index contributed by atoms with van der Waals surface area (Å²) in [6, 6.07) is 2.91. The number of carbonyl (C=O) groups is 1. The summed E-state index contributed by atoms with van der Waals surface area (Å²) in [5.74, 6) is -4.97. The van der Waals surface area contributed by atoms with Gasteiger partial charge >= 0.3 is 0 Å². The van der Waals surface area contributed by atoms with E-state index in [0.717, 1.165) is 6.07 Å². The maximum atomic E-state index is 13.9. The number of nitrogens with zero attached hydrogens (tertiary/aromatic N) is 3. The van der Waals surface area contributed by atoms with Crippen LogP contribution < -0.4 is 11.1 Å². The molecule has 150 valence electrons. The highest BCUT2D eigenvalue weighted by atomic mass is 19.3. The molecule has 1 aliphatic heterocycles. The summed E-state index contributed by atoms with van der Waals surface area (Å²) in [5.41, 5.74) is 4.89. The topological polar surface area (TPSA) is 84.1 Å². The van der Waals surface area contributed by atoms with E-state index in [-0.39, 0.29) is 38.3 Å². The van der Waals surface area contributed by atoms with Crippen molar-refractivity contribution in [1.29, 1.82) is 0 Å². The molecule has 6 nitrogen and oxygen atoms in total. The predicted molar refractivity (Wildman–Crippen MR) is 95.0 cm³/mol. The van der Waals surface area contributed by atoms with Crippen LogP contribution in [-0.2, 0) is 6.54 Å². The molecule has 0 saturated carbocycles. The Morgan fingerprint density at radius 3 is 2.54 bits per heavy atom. The number of nitrogens with one attached hydrogen (secondary N) is 1. The lowest BCUT2D eigenvalue weighted by Crippen LogP contribution is -2.39. The number of nitrogen functional groups attached to an aromatic ring is 1. The van der Waals surface area contributed by atoms with Crippen molar-refractivity contribution in [3.05, 3.63) is 46.9 Å². The van der Waals surface area contributed by atoms with E-state index in [1.807, 2.05) is 0 Å². The minimum Gasteiger partial charge on any atom is -0.396 e. The number of benzene rings is 1. The highest BCUT2D eigenvalue weighted by molar-refractivity contribution is 6.04. The second-order valence-corrected chi connectivity index (χ2v) is 6.75. The van der Waals surface area contributed by atoms with Gasteiger partial charge in [-0.25, -0.2) is 27.5 Å². The molecular formula is C18H19F4N5O. The Balaban J connectivity index is 1.73. The van der Waals surface area contributed by atoms with Crippen LogP contribution in [-0.4, -0.2) is 39.8 Å². The van der Waals surface area contributed by atoms with Gasteiger partial charge in [-0.2, -0.15) is 0 Å². The molecule has 28 heavy (non-hydrogen) atoms. The number of piperidine rings is 1. The van der Waals surface area contributed by atoms with Gasteiger partial charge in [-0.3, -0.25) is 9.69 Å². The van der Waals surface area contributed by atoms with E-state index in [0.29, 0.717) is 17.6 Å². The van der Waals surface area contributed by atoms with Gasteiger partial charge in [-0.1, -0.05) is 0 Å². The number of aryl methyl sites for hydroxylation is 1. The first-order valence-corrected chi connectivity index (χ1v) is 8.63. The first-order chi connectivity index (χ1) is 13.1. The number of nitrogens with two attached hydrogens (primary N) is 1. The monoisotopic (exact) mass is 397 g/mol. The van der Waals surface area contributed by atoms with Crippen LogP contribution in [0.1, 0.15) is 34.7 Å². The van der Waals surface area contributed by atoms with Crippen molar-refractivity contribution in [2.24, 2.45) is 0 Å². The molecule has 3 rings (SSSR count). The lowest BCUT2D eigenvalue weighted by Gasteiger charge is -2.31. The molecular weight excluding hydrogens is 378 g/mol. The van der Waals surface area contributed by atoms with Crippen molar-refractivity contribution < 1.29 is 22.4 Å². The molecule has 2 heterocycles. The lowest BCUT2D eigenvalue weighted by atomic mass is 10.1. The summed E-state index contributed by atoms with van der Waals surface area (Å²) >= 11 is 0. The number of anilines is 2. The Labute approximate surface area is 158 Å². The van der Waals surface area contributed by atoms with Crippen molar-refractivity contribution in [2.75, 3.05) is 24.1 Å². The SMILES string of the molecule is Cc1cc(NC(=O)c2cc(F)c(N)cc2F)nc(CN2CCC(F)(F)CC2)n1. The van der Waals surface area contributed by atoms with E-state index in [4.69, 9.17) is 5.73 Å². The van der Waals surface area contributed by atoms with Crippen LogP contribution in [0.5, 0.6) is 0 Å². The van der Waals surface area contributed by atoms with Crippen LogP contribution in [0.2, 0.25) is 0 Å². The van der Waals surface area contributed by atoms with E-state index in [1.54, 1.807) is 11.8 Å². The minimum absolute atomic E-state index is 0.103. The Morgan fingerprint density at radius 2 is 1.86 bits per heavy atom. The van der Waals surface area contributed by atoms with Crippen molar-refractivity contribution in [2.45, 2.75) is 32.2 Å². The second-order valence-electron chi connectivity index (χ2n) is 6.75. The summed E-state index contributed by atoms with van der Waals surface area (Å²) in [6.07, 6.45) is -0.464. The van der Waals surface area contributed by atoms with Crippen molar-refractivity contribution in [1.82, 2.24) is 14.9 Å². The molecule has 0 aliphatic carbocycles. The fourth-order valence-corrected chi connectivity index (χ4v) is 2.92. The number of amides is 1. The van der Waals surface area contributed by atoms with E-state index in [2.05, 4.69) is 15.3 Å². The molecule has 1 saturated heterocycles. The van der Waals surface area contributed by atoms with Crippen LogP contribution in [0, 0.1) is 18.6 Å². The quantitative estimate of drug-likeness (QED) is 0.612. The molecule has 2 aromatic rings. The van der Waals surface area contributed by atoms with Crippen molar-refractivity contribution >= 4 is 17.4 Å². The zero-order valence-electron chi connectivity index (χ0n) is 15.1. The molecule has 10 heteroatoms. The van der Waals surface area contributed by atoms with Crippen LogP contribution in [0.15, 0.2) is 18.2 Å². The molecule has 3 N–H and O–H groups in total. The standard InChI is InChI=1S/C18H19F4N5O/c1-10-6-15(26-17(28)11-7-13(20)14(23)8-12(11)19)25-16(24-10)9-27-4-2-18(21,22)3-5-27/h6-8H,2-5,9,23H2,1H3,(H,24,25,26,28). The molecule has 1 fully saturated rings. The summed E-state index contributed by atoms with van der Waals surface area (Å²) in [4.78, 5) is 22.5. The molecule has 1 aromatic carbocycles. The average molecular weight is 397 g/mol. The minimum atomic E-state index is -2.65. The van der Waals surface area contributed by atoms with E-state index >= 15 is 0 Å². The van der Waals surface area contributed by atoms with Gasteiger partial charge in [-0.15, -0.1) is 0 Å². The van der Waals surface area contributed by atoms with Crippen LogP contribution in [0.25, 0.3) is 0 Å². The summed E-state index contributed by atoms with van der Waals surface area (Å²) in [6.45, 7) is 2.34. The number of alkyl halides is 2. The second kappa shape index (κ2) is 7.70. The normalized spacial score (nSPS) is 16.8. The smallest absolute Gasteiger partial charge is 0.259 e. The Hall–Kier alpha value is -2.75. The molecule has 1 aromatic heterocycles. The third-order valence-corrected chi connectivity index (χ3v) is 4.43. The van der Waals surface area contributed by atoms with Gasteiger partial charge in [0, 0.05) is 43.8 Å². The van der Waals surface area contributed by atoms with Gasteiger partial charge in [0.2, 0.25) is 0 Å². The molecule has 1 aliphatic rings. The Bertz CT molecular complexity index is 896. The Kier molecular flexibility index (Phi) is 5.50. The van der Waals surface area contributed by atoms with Crippen molar-refractivity contribution in [3.63, 3.8) is 0 Å². The molecule has 0 bridgehead atoms. The number of rotatable bonds is 4. The molecule has 0 radical (unpaired) electrons. The van der Waals surface area contributed by atoms with E-state index in [9.17, 15) is 22.4 Å². The third-order valence-electron chi connectivity index (χ3n) is 4.43. The number of likely N-dealkylation sites (tertiary alicyclic amines) is 1. The Morgan fingerprint density at radius 1 is 1.18 bits per heavy atom. The first-order valence-electron chi connectivity index (χ1n) is 8.63. The number of aromatic nitrogens is 2. The number of halogens is 4. The third kappa shape index (κ3) is 4.75. The highest BCUT2D eigenvalue weighted by Crippen LogP contribution is 2.28. The molecule has 0 unspecified atom stereocenters. The zero-order valence-corrected chi connectivity index (χ0v) is 15.1. The number of hydrogen-bond acceptors (Lipinski definition) is 5. The number of hydrogen-bond donors (Lipinski definition) is 2. The lowest BCUT2D eigenvalue weighted by molar-refractivity contribution is -0.0570. The average Bonchev–Trinajstić information content (AvgIpc) is 2.59. The largest absolute Gasteiger partial charge is 0.396 e. The van der Waals surface area contributed by atoms with Crippen LogP contribution in [0.4, 0.5) is 29.1 Å². The summed E-state index contributed by atoms with van der Waals surface area (Å²) in [7, 11) is 0. The molecule has 0 spiro atoms. The van der Waals surface area contributed by atoms with E-state index in [1.165, 1.54) is 6.07 Å². The van der Waals surface area contributed by atoms with E-state index < -0.39 is 34.7 Å². The highest BCUT2D eigenvalue weighted by Gasteiger charge is 2.34. The zero-order chi connectivity index (χ0) is 20.5. The summed E-state index contributed by atoms with van der Waals surface area (Å²) in [5, 5.41) is 2.40. The maximum Gasteiger partial charge on any atom is 0.259 e. The van der Waals surface area contributed by atoms with Gasteiger partial charge < -0.3 is 11.1 Å². The van der Waals surface area contributed by atoms with Gasteiger partial charge in [0.15, 0.2) is 0 Å². The van der Waals surface area contributed by atoms with Crippen LogP contribution in [0.3, 0.4) is 0 Å². The molecule has 1 amide bonds. The fraction of sp³-hybridized carbons (Fsp3) is 0.389. The van der Waals surface area contributed by atoms with Crippen molar-refractivity contribution in [3.8, 4) is 0 Å². The van der Waals surface area contributed by atoms with Gasteiger partial charge in [0.1, 0.15) is 23.3 Å². The first kappa shape index (κ1) is 20.0. The fourth-order valence-electron chi connectivity index (χ4n) is 2.92. The predicted octanol–water partition coefficient (Wildman–Crippen LogP) is 3.13. The van der Waals surface area contributed by atoms with Crippen LogP contribution >= 0.6 is 0 Å². The van der Waals surface area contributed by atoms with Gasteiger partial charge in [-0.05, 0) is 13.0 Å².